The van der Waals surface area contributed by atoms with Crippen molar-refractivity contribution in [3.05, 3.63) is 98.8 Å². The van der Waals surface area contributed by atoms with Crippen LogP contribution in [0.3, 0.4) is 0 Å². The minimum atomic E-state index is -0.519. The van der Waals surface area contributed by atoms with Gasteiger partial charge in [-0.15, -0.1) is 0 Å². The summed E-state index contributed by atoms with van der Waals surface area (Å²) in [6.07, 6.45) is 1.61. The van der Waals surface area contributed by atoms with Crippen molar-refractivity contribution in [1.82, 2.24) is 9.78 Å². The molecule has 0 fully saturated rings. The van der Waals surface area contributed by atoms with Crippen molar-refractivity contribution in [2.45, 2.75) is 13.2 Å². The molecule has 10 heteroatoms. The molecule has 0 saturated carbocycles. The van der Waals surface area contributed by atoms with Crippen LogP contribution in [0.1, 0.15) is 21.9 Å². The summed E-state index contributed by atoms with van der Waals surface area (Å²) in [7, 11) is 0. The summed E-state index contributed by atoms with van der Waals surface area (Å²) in [4.78, 5) is 12.5. The number of anilines is 1. The van der Waals surface area contributed by atoms with Crippen LogP contribution in [-0.4, -0.2) is 15.7 Å². The first-order chi connectivity index (χ1) is 15.4. The average Bonchev–Trinajstić information content (AvgIpc) is 3.36. The number of hydrogen-bond donors (Lipinski definition) is 1. The molecule has 6 nitrogen and oxygen atoms in total. The molecule has 1 N–H and O–H groups in total. The molecule has 0 unspecified atom stereocenters. The summed E-state index contributed by atoms with van der Waals surface area (Å²) in [6, 6.07) is 14.2. The molecule has 2 aromatic carbocycles. The van der Waals surface area contributed by atoms with Crippen LogP contribution in [0, 0.1) is 5.82 Å². The summed E-state index contributed by atoms with van der Waals surface area (Å²) in [5, 5.41) is 7.99. The maximum absolute atomic E-state index is 13.1. The van der Waals surface area contributed by atoms with E-state index in [1.165, 1.54) is 18.2 Å². The highest BCUT2D eigenvalue weighted by atomic mass is 35.5. The maximum atomic E-state index is 13.1. The Hall–Kier alpha value is -3.00. The summed E-state index contributed by atoms with van der Waals surface area (Å²) in [5.41, 5.74) is 0.975. The van der Waals surface area contributed by atoms with Crippen molar-refractivity contribution in [2.75, 3.05) is 5.32 Å². The van der Waals surface area contributed by atoms with Gasteiger partial charge in [-0.1, -0.05) is 46.9 Å². The topological polar surface area (TPSA) is 69.3 Å². The van der Waals surface area contributed by atoms with Crippen molar-refractivity contribution in [3.63, 3.8) is 0 Å². The number of ether oxygens (including phenoxy) is 1. The third-order valence-corrected chi connectivity index (χ3v) is 5.18. The molecular formula is C22H15Cl3FN3O3. The Morgan fingerprint density at radius 3 is 2.59 bits per heavy atom. The van der Waals surface area contributed by atoms with Crippen LogP contribution in [0.2, 0.25) is 15.1 Å². The minimum absolute atomic E-state index is 0.00904. The van der Waals surface area contributed by atoms with E-state index in [1.54, 1.807) is 29.1 Å². The second-order valence-corrected chi connectivity index (χ2v) is 7.98. The number of furan rings is 1. The molecule has 2 heterocycles. The molecule has 0 aliphatic carbocycles. The van der Waals surface area contributed by atoms with E-state index in [0.717, 1.165) is 11.6 Å². The zero-order chi connectivity index (χ0) is 22.7. The first kappa shape index (κ1) is 22.2. The zero-order valence-electron chi connectivity index (χ0n) is 16.3. The van der Waals surface area contributed by atoms with E-state index in [1.807, 2.05) is 12.1 Å². The van der Waals surface area contributed by atoms with Gasteiger partial charge in [-0.05, 0) is 48.0 Å². The molecule has 0 bridgehead atoms. The normalized spacial score (nSPS) is 10.9. The lowest BCUT2D eigenvalue weighted by Crippen LogP contribution is -2.12. The van der Waals surface area contributed by atoms with Crippen LogP contribution in [0.25, 0.3) is 0 Å². The number of nitrogens with one attached hydrogen (secondary N) is 1. The maximum Gasteiger partial charge on any atom is 0.292 e. The fourth-order valence-corrected chi connectivity index (χ4v) is 3.37. The summed E-state index contributed by atoms with van der Waals surface area (Å²) >= 11 is 18.0. The third-order valence-electron chi connectivity index (χ3n) is 4.36. The van der Waals surface area contributed by atoms with Crippen molar-refractivity contribution < 1.29 is 18.3 Å². The fraction of sp³-hybridized carbons (Fsp3) is 0.0909. The van der Waals surface area contributed by atoms with Gasteiger partial charge in [-0.3, -0.25) is 9.48 Å². The molecular weight excluding hydrogens is 480 g/mol. The second kappa shape index (κ2) is 9.65. The Bertz CT molecular complexity index is 1260. The Morgan fingerprint density at radius 2 is 1.84 bits per heavy atom. The molecule has 0 atom stereocenters. The standard InChI is InChI=1S/C22H15Cl3FN3O3/c23-14-3-1-13(2-4-14)10-29-11-18(25)21(28-29)27-22(30)20-8-6-16(32-20)12-31-19-7-5-15(26)9-17(19)24/h1-9,11H,10,12H2,(H,27,28,30). The van der Waals surface area contributed by atoms with Crippen molar-refractivity contribution in [3.8, 4) is 5.75 Å². The number of aromatic nitrogens is 2. The first-order valence-corrected chi connectivity index (χ1v) is 10.5. The molecule has 0 aliphatic heterocycles. The molecule has 0 spiro atoms. The number of carbonyl (C=O) groups is 1. The number of amides is 1. The predicted octanol–water partition coefficient (Wildman–Crippen LogP) is 6.46. The molecule has 32 heavy (non-hydrogen) atoms. The number of benzene rings is 2. The monoisotopic (exact) mass is 493 g/mol. The lowest BCUT2D eigenvalue weighted by Gasteiger charge is -2.06. The van der Waals surface area contributed by atoms with Gasteiger partial charge in [0.25, 0.3) is 5.91 Å². The van der Waals surface area contributed by atoms with Gasteiger partial charge in [0.2, 0.25) is 0 Å². The van der Waals surface area contributed by atoms with Crippen LogP contribution in [0.4, 0.5) is 10.2 Å². The van der Waals surface area contributed by atoms with E-state index in [4.69, 9.17) is 44.0 Å². The minimum Gasteiger partial charge on any atom is -0.484 e. The van der Waals surface area contributed by atoms with Crippen molar-refractivity contribution in [2.24, 2.45) is 0 Å². The van der Waals surface area contributed by atoms with E-state index in [-0.39, 0.29) is 28.2 Å². The van der Waals surface area contributed by atoms with Gasteiger partial charge < -0.3 is 14.5 Å². The highest BCUT2D eigenvalue weighted by Gasteiger charge is 2.16. The van der Waals surface area contributed by atoms with Crippen LogP contribution in [0.15, 0.2) is 65.2 Å². The molecule has 4 aromatic rings. The Balaban J connectivity index is 1.37. The van der Waals surface area contributed by atoms with Gasteiger partial charge in [-0.25, -0.2) is 4.39 Å². The number of rotatable bonds is 7. The van der Waals surface area contributed by atoms with Crippen molar-refractivity contribution >= 4 is 46.5 Å². The number of hydrogen-bond acceptors (Lipinski definition) is 4. The lowest BCUT2D eigenvalue weighted by molar-refractivity contribution is 0.0992. The van der Waals surface area contributed by atoms with Crippen molar-refractivity contribution in [1.29, 1.82) is 0 Å². The van der Waals surface area contributed by atoms with Gasteiger partial charge >= 0.3 is 0 Å². The van der Waals surface area contributed by atoms with Crippen LogP contribution < -0.4 is 10.1 Å². The quantitative estimate of drug-likeness (QED) is 0.320. The average molecular weight is 495 g/mol. The summed E-state index contributed by atoms with van der Waals surface area (Å²) in [6.45, 7) is 0.468. The first-order valence-electron chi connectivity index (χ1n) is 9.33. The largest absolute Gasteiger partial charge is 0.484 e. The lowest BCUT2D eigenvalue weighted by atomic mass is 10.2. The van der Waals surface area contributed by atoms with Gasteiger partial charge in [0.1, 0.15) is 29.0 Å². The number of carbonyl (C=O) groups excluding carboxylic acids is 1. The van der Waals surface area contributed by atoms with E-state index in [2.05, 4.69) is 10.4 Å². The molecule has 0 aliphatic rings. The molecule has 0 saturated heterocycles. The fourth-order valence-electron chi connectivity index (χ4n) is 2.83. The Labute approximate surface area is 197 Å². The third kappa shape index (κ3) is 5.43. The van der Waals surface area contributed by atoms with Gasteiger partial charge in [0.15, 0.2) is 11.6 Å². The highest BCUT2D eigenvalue weighted by Crippen LogP contribution is 2.26. The van der Waals surface area contributed by atoms with Gasteiger partial charge in [0, 0.05) is 11.2 Å². The van der Waals surface area contributed by atoms with Crippen LogP contribution in [-0.2, 0) is 13.2 Å². The van der Waals surface area contributed by atoms with E-state index >= 15 is 0 Å². The zero-order valence-corrected chi connectivity index (χ0v) is 18.6. The molecule has 2 aromatic heterocycles. The Kier molecular flexibility index (Phi) is 6.69. The second-order valence-electron chi connectivity index (χ2n) is 6.73. The summed E-state index contributed by atoms with van der Waals surface area (Å²) < 4.78 is 25.7. The molecule has 1 amide bonds. The summed E-state index contributed by atoms with van der Waals surface area (Å²) in [5.74, 6) is -0.0401. The van der Waals surface area contributed by atoms with E-state index in [0.29, 0.717) is 23.1 Å². The van der Waals surface area contributed by atoms with Gasteiger partial charge in [-0.2, -0.15) is 5.10 Å². The molecule has 4 rings (SSSR count). The predicted molar refractivity (Wildman–Crippen MR) is 120 cm³/mol. The van der Waals surface area contributed by atoms with E-state index < -0.39 is 11.7 Å². The molecule has 0 radical (unpaired) electrons. The smallest absolute Gasteiger partial charge is 0.292 e. The SMILES string of the molecule is O=C(Nc1nn(Cc2ccc(Cl)cc2)cc1Cl)c1ccc(COc2ccc(F)cc2Cl)o1. The number of halogens is 4. The van der Waals surface area contributed by atoms with Crippen LogP contribution >= 0.6 is 34.8 Å². The van der Waals surface area contributed by atoms with Crippen LogP contribution in [0.5, 0.6) is 5.75 Å². The van der Waals surface area contributed by atoms with E-state index in [9.17, 15) is 9.18 Å². The highest BCUT2D eigenvalue weighted by molar-refractivity contribution is 6.33. The number of nitrogens with zero attached hydrogens (tertiary/aromatic N) is 2. The van der Waals surface area contributed by atoms with Gasteiger partial charge in [0.05, 0.1) is 11.6 Å². The Morgan fingerprint density at radius 1 is 1.06 bits per heavy atom. The molecule has 164 valence electrons.